The van der Waals surface area contributed by atoms with Gasteiger partial charge in [0.25, 0.3) is 0 Å². The summed E-state index contributed by atoms with van der Waals surface area (Å²) in [7, 11) is -4.49. The molecule has 136 valence electrons. The third-order valence-corrected chi connectivity index (χ3v) is 4.74. The van der Waals surface area contributed by atoms with Gasteiger partial charge in [-0.15, -0.1) is 0 Å². The molecule has 0 heterocycles. The van der Waals surface area contributed by atoms with Gasteiger partial charge in [-0.1, -0.05) is 86.3 Å². The molecular formula is C20H27O4P. The molecule has 0 fully saturated rings. The lowest BCUT2D eigenvalue weighted by molar-refractivity contribution is 0.125. The lowest BCUT2D eigenvalue weighted by Gasteiger charge is -2.18. The highest BCUT2D eigenvalue weighted by Crippen LogP contribution is 2.44. The second-order valence-electron chi connectivity index (χ2n) is 6.29. The van der Waals surface area contributed by atoms with Crippen LogP contribution in [0.2, 0.25) is 0 Å². The van der Waals surface area contributed by atoms with Crippen molar-refractivity contribution in [3.05, 3.63) is 71.8 Å². The maximum Gasteiger partial charge on any atom is 0.470 e. The molecular weight excluding hydrogens is 335 g/mol. The van der Waals surface area contributed by atoms with Crippen LogP contribution >= 0.6 is 7.82 Å². The summed E-state index contributed by atoms with van der Waals surface area (Å²) in [4.78, 5) is 18.2. The van der Waals surface area contributed by atoms with Crippen LogP contribution in [-0.2, 0) is 15.5 Å². The Hall–Kier alpha value is -1.45. The van der Waals surface area contributed by atoms with Gasteiger partial charge in [-0.3, -0.25) is 4.52 Å². The molecule has 0 aliphatic rings. The molecule has 0 amide bonds. The summed E-state index contributed by atoms with van der Waals surface area (Å²) in [6.07, 6.45) is 6.59. The van der Waals surface area contributed by atoms with Gasteiger partial charge in [0.15, 0.2) is 0 Å². The van der Waals surface area contributed by atoms with Crippen LogP contribution in [0.5, 0.6) is 0 Å². The minimum atomic E-state index is -4.49. The van der Waals surface area contributed by atoms with Crippen molar-refractivity contribution in [2.24, 2.45) is 0 Å². The van der Waals surface area contributed by atoms with E-state index in [9.17, 15) is 4.57 Å². The number of hydrogen-bond acceptors (Lipinski definition) is 2. The first-order valence-electron chi connectivity index (χ1n) is 8.87. The summed E-state index contributed by atoms with van der Waals surface area (Å²) in [5, 5.41) is 0. The maximum absolute atomic E-state index is 11.2. The molecule has 2 rings (SSSR count). The van der Waals surface area contributed by atoms with E-state index in [2.05, 4.69) is 24.3 Å². The predicted molar refractivity (Wildman–Crippen MR) is 100 cm³/mol. The van der Waals surface area contributed by atoms with Crippen LogP contribution in [0.4, 0.5) is 0 Å². The van der Waals surface area contributed by atoms with Crippen LogP contribution in [0.1, 0.15) is 55.8 Å². The molecule has 0 aliphatic carbocycles. The maximum atomic E-state index is 11.2. The van der Waals surface area contributed by atoms with Crippen LogP contribution in [-0.4, -0.2) is 9.79 Å². The van der Waals surface area contributed by atoms with E-state index >= 15 is 0 Å². The number of phosphoric acid groups is 1. The molecule has 25 heavy (non-hydrogen) atoms. The molecule has 0 saturated carbocycles. The van der Waals surface area contributed by atoms with E-state index in [0.717, 1.165) is 31.2 Å². The molecule has 2 aromatic rings. The monoisotopic (exact) mass is 362 g/mol. The average Bonchev–Trinajstić information content (AvgIpc) is 2.60. The lowest BCUT2D eigenvalue weighted by atomic mass is 10.0. The summed E-state index contributed by atoms with van der Waals surface area (Å²) in [6, 6.07) is 19.8. The van der Waals surface area contributed by atoms with Crippen LogP contribution in [0.3, 0.4) is 0 Å². The first-order chi connectivity index (χ1) is 12.0. The Morgan fingerprint density at radius 1 is 0.800 bits per heavy atom. The van der Waals surface area contributed by atoms with Gasteiger partial charge in [-0.05, 0) is 30.4 Å². The molecule has 1 atom stereocenters. The van der Waals surface area contributed by atoms with Gasteiger partial charge < -0.3 is 9.79 Å². The molecule has 0 spiro atoms. The third kappa shape index (κ3) is 8.46. The fourth-order valence-electron chi connectivity index (χ4n) is 2.95. The highest BCUT2D eigenvalue weighted by Gasteiger charge is 2.23. The molecule has 2 N–H and O–H groups in total. The molecule has 0 bridgehead atoms. The van der Waals surface area contributed by atoms with E-state index in [1.165, 1.54) is 18.4 Å². The number of rotatable bonds is 11. The zero-order chi connectivity index (χ0) is 18.0. The molecule has 0 aliphatic heterocycles. The summed E-state index contributed by atoms with van der Waals surface area (Å²) < 4.78 is 16.2. The van der Waals surface area contributed by atoms with Crippen molar-refractivity contribution in [3.63, 3.8) is 0 Å². The predicted octanol–water partition coefficient (Wildman–Crippen LogP) is 5.42. The SMILES string of the molecule is O=P(O)(O)OC(CCCCCCCc1ccccc1)c1ccccc1. The molecule has 0 saturated heterocycles. The topological polar surface area (TPSA) is 66.8 Å². The normalized spacial score (nSPS) is 12.9. The van der Waals surface area contributed by atoms with Gasteiger partial charge in [0, 0.05) is 0 Å². The van der Waals surface area contributed by atoms with Gasteiger partial charge in [-0.25, -0.2) is 4.57 Å². The van der Waals surface area contributed by atoms with E-state index in [1.807, 2.05) is 36.4 Å². The van der Waals surface area contributed by atoms with E-state index in [1.54, 1.807) is 0 Å². The van der Waals surface area contributed by atoms with Crippen molar-refractivity contribution in [1.82, 2.24) is 0 Å². The number of phosphoric ester groups is 1. The second-order valence-corrected chi connectivity index (χ2v) is 7.48. The van der Waals surface area contributed by atoms with Crippen molar-refractivity contribution < 1.29 is 18.9 Å². The van der Waals surface area contributed by atoms with Crippen molar-refractivity contribution in [2.45, 2.75) is 51.0 Å². The summed E-state index contributed by atoms with van der Waals surface area (Å²) >= 11 is 0. The quantitative estimate of drug-likeness (QED) is 0.414. The van der Waals surface area contributed by atoms with Gasteiger partial charge in [0.1, 0.15) is 0 Å². The largest absolute Gasteiger partial charge is 0.470 e. The fraction of sp³-hybridized carbons (Fsp3) is 0.400. The minimum Gasteiger partial charge on any atom is -0.303 e. The highest BCUT2D eigenvalue weighted by atomic mass is 31.2. The Bertz CT molecular complexity index is 639. The minimum absolute atomic E-state index is 0.550. The van der Waals surface area contributed by atoms with E-state index in [-0.39, 0.29) is 0 Å². The number of aryl methyl sites for hydroxylation is 1. The number of hydrogen-bond donors (Lipinski definition) is 2. The third-order valence-electron chi connectivity index (χ3n) is 4.21. The molecule has 5 heteroatoms. The standard InChI is InChI=1S/C20H27O4P/c21-25(22,23)24-20(19-15-9-5-10-16-19)17-11-3-1-2-6-12-18-13-7-4-8-14-18/h4-5,7-10,13-16,20H,1-3,6,11-12,17H2,(H2,21,22,23). The summed E-state index contributed by atoms with van der Waals surface area (Å²) in [5.74, 6) is 0. The molecule has 4 nitrogen and oxygen atoms in total. The summed E-state index contributed by atoms with van der Waals surface area (Å²) in [6.45, 7) is 0. The Balaban J connectivity index is 1.67. The Labute approximate surface area is 150 Å². The fourth-order valence-corrected chi connectivity index (χ4v) is 3.51. The van der Waals surface area contributed by atoms with Crippen LogP contribution < -0.4 is 0 Å². The van der Waals surface area contributed by atoms with Crippen LogP contribution in [0, 0.1) is 0 Å². The zero-order valence-corrected chi connectivity index (χ0v) is 15.4. The zero-order valence-electron chi connectivity index (χ0n) is 14.5. The van der Waals surface area contributed by atoms with Crippen molar-refractivity contribution in [2.75, 3.05) is 0 Å². The molecule has 2 aromatic carbocycles. The molecule has 1 unspecified atom stereocenters. The van der Waals surface area contributed by atoms with Crippen molar-refractivity contribution in [1.29, 1.82) is 0 Å². The first kappa shape index (κ1) is 19.9. The second kappa shape index (κ2) is 10.5. The van der Waals surface area contributed by atoms with Crippen LogP contribution in [0.25, 0.3) is 0 Å². The van der Waals surface area contributed by atoms with E-state index < -0.39 is 13.9 Å². The van der Waals surface area contributed by atoms with E-state index in [4.69, 9.17) is 14.3 Å². The molecule has 0 aromatic heterocycles. The van der Waals surface area contributed by atoms with Gasteiger partial charge in [-0.2, -0.15) is 0 Å². The van der Waals surface area contributed by atoms with Gasteiger partial charge in [0.05, 0.1) is 6.10 Å². The van der Waals surface area contributed by atoms with Gasteiger partial charge in [0.2, 0.25) is 0 Å². The van der Waals surface area contributed by atoms with Crippen molar-refractivity contribution >= 4 is 7.82 Å². The van der Waals surface area contributed by atoms with Crippen molar-refractivity contribution in [3.8, 4) is 0 Å². The average molecular weight is 362 g/mol. The lowest BCUT2D eigenvalue weighted by Crippen LogP contribution is -2.03. The number of unbranched alkanes of at least 4 members (excludes halogenated alkanes) is 4. The summed E-state index contributed by atoms with van der Waals surface area (Å²) in [5.41, 5.74) is 2.19. The Morgan fingerprint density at radius 3 is 2.00 bits per heavy atom. The Morgan fingerprint density at radius 2 is 1.36 bits per heavy atom. The smallest absolute Gasteiger partial charge is 0.303 e. The van der Waals surface area contributed by atoms with E-state index in [0.29, 0.717) is 6.42 Å². The first-order valence-corrected chi connectivity index (χ1v) is 10.4. The Kier molecular flexibility index (Phi) is 8.36. The number of benzene rings is 2. The highest BCUT2D eigenvalue weighted by molar-refractivity contribution is 7.46. The molecule has 0 radical (unpaired) electrons. The van der Waals surface area contributed by atoms with Gasteiger partial charge >= 0.3 is 7.82 Å². The van der Waals surface area contributed by atoms with Crippen LogP contribution in [0.15, 0.2) is 60.7 Å².